The van der Waals surface area contributed by atoms with Gasteiger partial charge in [0.25, 0.3) is 0 Å². The molecule has 21 heavy (non-hydrogen) atoms. The Morgan fingerprint density at radius 1 is 1.24 bits per heavy atom. The van der Waals surface area contributed by atoms with Crippen LogP contribution in [0.1, 0.15) is 11.1 Å². The lowest BCUT2D eigenvalue weighted by Gasteiger charge is -2.20. The van der Waals surface area contributed by atoms with Crippen molar-refractivity contribution in [3.8, 4) is 5.75 Å². The molecule has 0 saturated carbocycles. The highest BCUT2D eigenvalue weighted by atomic mass is 19.1. The van der Waals surface area contributed by atoms with Crippen LogP contribution in [0.25, 0.3) is 0 Å². The summed E-state index contributed by atoms with van der Waals surface area (Å²) in [7, 11) is 3.37. The molecule has 0 saturated heterocycles. The number of nitrogens with zero attached hydrogens (tertiary/aromatic N) is 1. The second-order valence-electron chi connectivity index (χ2n) is 4.79. The van der Waals surface area contributed by atoms with E-state index in [2.05, 4.69) is 0 Å². The van der Waals surface area contributed by atoms with Crippen molar-refractivity contribution in [1.29, 1.82) is 5.41 Å². The molecule has 0 unspecified atom stereocenters. The van der Waals surface area contributed by atoms with E-state index in [0.29, 0.717) is 12.1 Å². The molecule has 4 nitrogen and oxygen atoms in total. The van der Waals surface area contributed by atoms with Crippen molar-refractivity contribution in [2.45, 2.75) is 6.54 Å². The Kier molecular flexibility index (Phi) is 4.42. The van der Waals surface area contributed by atoms with E-state index < -0.39 is 0 Å². The van der Waals surface area contributed by atoms with Gasteiger partial charge in [-0.15, -0.1) is 0 Å². The van der Waals surface area contributed by atoms with Gasteiger partial charge in [0.15, 0.2) is 11.6 Å². The van der Waals surface area contributed by atoms with Crippen molar-refractivity contribution < 1.29 is 9.13 Å². The molecule has 0 aliphatic carbocycles. The molecule has 0 aromatic heterocycles. The van der Waals surface area contributed by atoms with Crippen LogP contribution in [-0.4, -0.2) is 20.0 Å². The smallest absolute Gasteiger partial charge is 0.165 e. The van der Waals surface area contributed by atoms with Crippen LogP contribution in [0.3, 0.4) is 0 Å². The molecule has 110 valence electrons. The van der Waals surface area contributed by atoms with E-state index in [-0.39, 0.29) is 17.4 Å². The third-order valence-corrected chi connectivity index (χ3v) is 3.26. The van der Waals surface area contributed by atoms with Gasteiger partial charge in [-0.2, -0.15) is 0 Å². The number of ether oxygens (including phenoxy) is 1. The molecule has 0 radical (unpaired) electrons. The Morgan fingerprint density at radius 3 is 2.43 bits per heavy atom. The molecule has 2 aromatic rings. The highest BCUT2D eigenvalue weighted by Crippen LogP contribution is 2.21. The van der Waals surface area contributed by atoms with E-state index in [9.17, 15) is 4.39 Å². The maximum Gasteiger partial charge on any atom is 0.165 e. The Labute approximate surface area is 123 Å². The molecule has 0 heterocycles. The van der Waals surface area contributed by atoms with Crippen LogP contribution in [-0.2, 0) is 6.54 Å². The zero-order valence-corrected chi connectivity index (χ0v) is 12.1. The maximum atomic E-state index is 13.7. The second kappa shape index (κ2) is 6.26. The van der Waals surface area contributed by atoms with Gasteiger partial charge in [0.2, 0.25) is 0 Å². The van der Waals surface area contributed by atoms with Crippen molar-refractivity contribution in [3.63, 3.8) is 0 Å². The maximum absolute atomic E-state index is 13.7. The van der Waals surface area contributed by atoms with Gasteiger partial charge in [0, 0.05) is 24.8 Å². The number of benzene rings is 2. The van der Waals surface area contributed by atoms with Gasteiger partial charge in [-0.3, -0.25) is 5.41 Å². The van der Waals surface area contributed by atoms with Crippen LogP contribution in [0.15, 0.2) is 42.5 Å². The lowest BCUT2D eigenvalue weighted by atomic mass is 10.1. The first-order valence-electron chi connectivity index (χ1n) is 6.49. The molecule has 0 spiro atoms. The number of rotatable bonds is 5. The summed E-state index contributed by atoms with van der Waals surface area (Å²) in [6.07, 6.45) is 0. The van der Waals surface area contributed by atoms with Crippen molar-refractivity contribution in [2.75, 3.05) is 19.1 Å². The predicted octanol–water partition coefficient (Wildman–Crippen LogP) is 2.75. The topological polar surface area (TPSA) is 62.3 Å². The molecule has 3 N–H and O–H groups in total. The predicted molar refractivity (Wildman–Crippen MR) is 82.5 cm³/mol. The molecule has 0 atom stereocenters. The SMILES string of the molecule is COc1ccc(CN(C)c2ccc(C(=N)N)cc2)cc1F. The fourth-order valence-electron chi connectivity index (χ4n) is 2.07. The van der Waals surface area contributed by atoms with Crippen LogP contribution in [0, 0.1) is 11.2 Å². The Bertz CT molecular complexity index is 640. The summed E-state index contributed by atoms with van der Waals surface area (Å²) in [5, 5.41) is 7.37. The zero-order valence-electron chi connectivity index (χ0n) is 12.1. The molecule has 2 aromatic carbocycles. The highest BCUT2D eigenvalue weighted by molar-refractivity contribution is 5.95. The van der Waals surface area contributed by atoms with E-state index in [0.717, 1.165) is 11.3 Å². The van der Waals surface area contributed by atoms with Gasteiger partial charge in [-0.05, 0) is 42.0 Å². The monoisotopic (exact) mass is 287 g/mol. The minimum absolute atomic E-state index is 0.0430. The summed E-state index contributed by atoms with van der Waals surface area (Å²) < 4.78 is 18.6. The van der Waals surface area contributed by atoms with Crippen molar-refractivity contribution in [1.82, 2.24) is 0 Å². The summed E-state index contributed by atoms with van der Waals surface area (Å²) in [5.74, 6) is -0.0797. The largest absolute Gasteiger partial charge is 0.494 e. The van der Waals surface area contributed by atoms with Gasteiger partial charge in [-0.25, -0.2) is 4.39 Å². The van der Waals surface area contributed by atoms with Gasteiger partial charge in [0.05, 0.1) is 7.11 Å². The van der Waals surface area contributed by atoms with E-state index in [4.69, 9.17) is 15.9 Å². The molecule has 0 aliphatic rings. The molecular formula is C16H18FN3O. The Hall–Kier alpha value is -2.56. The number of nitrogens with one attached hydrogen (secondary N) is 1. The summed E-state index contributed by atoms with van der Waals surface area (Å²) >= 11 is 0. The lowest BCUT2D eigenvalue weighted by molar-refractivity contribution is 0.386. The minimum Gasteiger partial charge on any atom is -0.494 e. The molecule has 2 rings (SSSR count). The normalized spacial score (nSPS) is 10.2. The van der Waals surface area contributed by atoms with Crippen LogP contribution < -0.4 is 15.4 Å². The first-order valence-corrected chi connectivity index (χ1v) is 6.49. The van der Waals surface area contributed by atoms with Gasteiger partial charge < -0.3 is 15.4 Å². The number of nitrogen functional groups attached to an aromatic ring is 1. The minimum atomic E-state index is -0.365. The number of amidine groups is 1. The van der Waals surface area contributed by atoms with Crippen LogP contribution >= 0.6 is 0 Å². The summed E-state index contributed by atoms with van der Waals surface area (Å²) in [5.41, 5.74) is 7.93. The Morgan fingerprint density at radius 2 is 1.90 bits per heavy atom. The number of halogens is 1. The molecule has 0 amide bonds. The van der Waals surface area contributed by atoms with Crippen molar-refractivity contribution in [3.05, 3.63) is 59.4 Å². The lowest BCUT2D eigenvalue weighted by Crippen LogP contribution is -2.17. The van der Waals surface area contributed by atoms with Crippen molar-refractivity contribution in [2.24, 2.45) is 5.73 Å². The number of hydrogen-bond acceptors (Lipinski definition) is 3. The standard InChI is InChI=1S/C16H18FN3O/c1-20(13-6-4-12(5-7-13)16(18)19)10-11-3-8-15(21-2)14(17)9-11/h3-9H,10H2,1-2H3,(H3,18,19). The average Bonchev–Trinajstić information content (AvgIpc) is 2.47. The molecule has 5 heteroatoms. The van der Waals surface area contributed by atoms with E-state index in [1.54, 1.807) is 18.2 Å². The third kappa shape index (κ3) is 3.51. The number of anilines is 1. The molecule has 0 fully saturated rings. The van der Waals surface area contributed by atoms with Crippen molar-refractivity contribution >= 4 is 11.5 Å². The number of nitrogens with two attached hydrogens (primary N) is 1. The number of methoxy groups -OCH3 is 1. The summed E-state index contributed by atoms with van der Waals surface area (Å²) in [4.78, 5) is 1.99. The molecule has 0 aliphatic heterocycles. The fraction of sp³-hybridized carbons (Fsp3) is 0.188. The van der Waals surface area contributed by atoms with Crippen LogP contribution in [0.5, 0.6) is 5.75 Å². The number of hydrogen-bond donors (Lipinski definition) is 2. The molecule has 0 bridgehead atoms. The Balaban J connectivity index is 2.12. The first-order chi connectivity index (χ1) is 10.0. The van der Waals surface area contributed by atoms with Gasteiger partial charge in [0.1, 0.15) is 5.84 Å². The summed E-state index contributed by atoms with van der Waals surface area (Å²) in [6, 6.07) is 12.3. The van der Waals surface area contributed by atoms with Gasteiger partial charge >= 0.3 is 0 Å². The highest BCUT2D eigenvalue weighted by Gasteiger charge is 2.07. The third-order valence-electron chi connectivity index (χ3n) is 3.26. The van der Waals surface area contributed by atoms with Gasteiger partial charge in [-0.1, -0.05) is 6.07 Å². The van der Waals surface area contributed by atoms with Crippen LogP contribution in [0.4, 0.5) is 10.1 Å². The first kappa shape index (κ1) is 14.8. The van der Waals surface area contributed by atoms with E-state index in [1.807, 2.05) is 30.1 Å². The fourth-order valence-corrected chi connectivity index (χ4v) is 2.07. The summed E-state index contributed by atoms with van der Waals surface area (Å²) in [6.45, 7) is 0.570. The van der Waals surface area contributed by atoms with E-state index in [1.165, 1.54) is 13.2 Å². The van der Waals surface area contributed by atoms with E-state index >= 15 is 0 Å². The quantitative estimate of drug-likeness (QED) is 0.656. The zero-order chi connectivity index (χ0) is 15.4. The van der Waals surface area contributed by atoms with Crippen LogP contribution in [0.2, 0.25) is 0 Å². The second-order valence-corrected chi connectivity index (χ2v) is 4.79. The average molecular weight is 287 g/mol. The molecular weight excluding hydrogens is 269 g/mol.